The Hall–Kier alpha value is -9.31. The predicted molar refractivity (Wildman–Crippen MR) is 233 cm³/mol. The van der Waals surface area contributed by atoms with Gasteiger partial charge in [0.05, 0.1) is 34.8 Å². The maximum Gasteiger partial charge on any atom is 0.346 e. The molecule has 13 atom stereocenters. The summed E-state index contributed by atoms with van der Waals surface area (Å²) in [6.07, 6.45) is -19.5. The number of benzene rings is 4. The van der Waals surface area contributed by atoms with E-state index < -0.39 is 235 Å². The van der Waals surface area contributed by atoms with Crippen LogP contribution >= 0.6 is 0 Å². The zero-order valence-electron chi connectivity index (χ0n) is 38.9. The molecular weight excluding hydrogens is 1080 g/mol. The van der Waals surface area contributed by atoms with E-state index in [0.29, 0.717) is 42.5 Å². The Bertz CT molecular complexity index is 3380. The van der Waals surface area contributed by atoms with Crippen LogP contribution in [0.1, 0.15) is 59.3 Å². The third-order valence-electron chi connectivity index (χ3n) is 14.6. The highest BCUT2D eigenvalue weighted by molar-refractivity contribution is 6.06. The second-order valence-corrected chi connectivity index (χ2v) is 18.9. The minimum atomic E-state index is -4.05. The summed E-state index contributed by atoms with van der Waals surface area (Å²) in [5.74, 6) is -41.8. The molecule has 7 aliphatic heterocycles. The quantitative estimate of drug-likeness (QED) is 0.0503. The van der Waals surface area contributed by atoms with Crippen molar-refractivity contribution < 1.29 is 158 Å². The standard InChI is InChI=1S/C47H36O32/c48-15-1-11(2-16(49)26(15)57)36(61)70-10-23-30-32(73-37(62)12-3-17(50)27(58)18(51)4-12)33(40(72-23)77-38(63)13-5-19(52)28(59)20(53)6-13)74-39(64)14-7-21(54)29(60)31-25(14)34-43(41(65)75-30)8-24(56)45(67,46(34,68)78-31)79-44(43)42(66)76-35-22(55)9-71-47(35,44)69/h1-7,22-23,30,32-35,40,48-55,57-60,67-69H,8-10H2/t22-,23-,30-,32+,33-,34+,35-,40+,43+,44-,45-,46-,47+/m1/s1. The third kappa shape index (κ3) is 6.75. The molecule has 12 rings (SSSR count). The molecule has 7 heterocycles. The van der Waals surface area contributed by atoms with Crippen molar-refractivity contribution in [2.75, 3.05) is 13.2 Å². The molecule has 2 spiro atoms. The summed E-state index contributed by atoms with van der Waals surface area (Å²) in [5, 5.41) is 163. The first kappa shape index (κ1) is 51.8. The molecule has 0 aromatic heterocycles. The fourth-order valence-corrected chi connectivity index (χ4v) is 11.0. The van der Waals surface area contributed by atoms with Crippen molar-refractivity contribution in [1.29, 1.82) is 0 Å². The molecule has 1 saturated carbocycles. The van der Waals surface area contributed by atoms with Gasteiger partial charge in [-0.2, -0.15) is 0 Å². The van der Waals surface area contributed by atoms with Gasteiger partial charge in [0.2, 0.25) is 29.5 Å². The molecule has 4 aromatic rings. The molecule has 5 saturated heterocycles. The number of esters is 6. The van der Waals surface area contributed by atoms with Crippen LogP contribution in [0.25, 0.3) is 0 Å². The van der Waals surface area contributed by atoms with Gasteiger partial charge in [-0.05, 0) is 42.5 Å². The van der Waals surface area contributed by atoms with Gasteiger partial charge in [-0.25, -0.2) is 24.0 Å². The maximum atomic E-state index is 16.1. The molecule has 0 radical (unpaired) electrons. The van der Waals surface area contributed by atoms with Gasteiger partial charge in [-0.1, -0.05) is 0 Å². The minimum Gasteiger partial charge on any atom is -0.504 e. The van der Waals surface area contributed by atoms with Crippen LogP contribution in [0.2, 0.25) is 0 Å². The molecule has 79 heavy (non-hydrogen) atoms. The van der Waals surface area contributed by atoms with Crippen molar-refractivity contribution in [3.63, 3.8) is 0 Å². The number of fused-ring (bicyclic) bond motifs is 4. The fourth-order valence-electron chi connectivity index (χ4n) is 11.0. The summed E-state index contributed by atoms with van der Waals surface area (Å²) < 4.78 is 56.7. The Labute approximate surface area is 434 Å². The van der Waals surface area contributed by atoms with Crippen LogP contribution in [0.15, 0.2) is 42.5 Å². The first-order valence-corrected chi connectivity index (χ1v) is 22.7. The molecular formula is C47H36O32. The van der Waals surface area contributed by atoms with E-state index in [4.69, 9.17) is 47.4 Å². The number of Topliss-reactive ketones (excluding diaryl/α,β-unsaturated/α-hetero) is 1. The number of aliphatic hydroxyl groups is 4. The van der Waals surface area contributed by atoms with Crippen LogP contribution in [0, 0.1) is 5.41 Å². The summed E-state index contributed by atoms with van der Waals surface area (Å²) in [6.45, 7) is -2.42. The number of hydrogen-bond acceptors (Lipinski definition) is 32. The number of ether oxygens (including phenoxy) is 10. The van der Waals surface area contributed by atoms with E-state index >= 15 is 9.59 Å². The van der Waals surface area contributed by atoms with Crippen LogP contribution in [0.3, 0.4) is 0 Å². The predicted octanol–water partition coefficient (Wildman–Crippen LogP) is -2.85. The third-order valence-corrected chi connectivity index (χ3v) is 14.6. The van der Waals surface area contributed by atoms with E-state index in [2.05, 4.69) is 0 Å². The van der Waals surface area contributed by atoms with E-state index in [9.17, 15) is 101 Å². The number of carbonyl (C=O) groups is 7. The maximum absolute atomic E-state index is 16.1. The summed E-state index contributed by atoms with van der Waals surface area (Å²) >= 11 is 0. The Kier molecular flexibility index (Phi) is 11.0. The first-order valence-electron chi connectivity index (χ1n) is 22.7. The highest BCUT2D eigenvalue weighted by Gasteiger charge is 2.97. The van der Waals surface area contributed by atoms with E-state index in [1.807, 2.05) is 0 Å². The summed E-state index contributed by atoms with van der Waals surface area (Å²) in [4.78, 5) is 103. The molecule has 416 valence electrons. The number of aliphatic hydroxyl groups excluding tert-OH is 1. The van der Waals surface area contributed by atoms with Crippen molar-refractivity contribution in [1.82, 2.24) is 0 Å². The van der Waals surface area contributed by atoms with Crippen molar-refractivity contribution in [2.24, 2.45) is 5.41 Å². The molecule has 1 aliphatic carbocycles. The lowest BCUT2D eigenvalue weighted by Gasteiger charge is -2.64. The van der Waals surface area contributed by atoms with Crippen LogP contribution in [0.5, 0.6) is 69.0 Å². The van der Waals surface area contributed by atoms with Crippen molar-refractivity contribution in [2.45, 2.75) is 78.2 Å². The van der Waals surface area contributed by atoms with Crippen LogP contribution in [-0.4, -0.2) is 197 Å². The van der Waals surface area contributed by atoms with E-state index in [0.717, 1.165) is 0 Å². The van der Waals surface area contributed by atoms with Crippen LogP contribution in [0.4, 0.5) is 0 Å². The highest BCUT2D eigenvalue weighted by atomic mass is 16.8. The average Bonchev–Trinajstić information content (AvgIpc) is 1.68. The SMILES string of the molecule is O=C(OC[C@H]1O[C@@H](OC(=O)c2cc(O)c(O)c(O)c2)[C@@H]2OC(=O)c3cc(O)c(O)c4c3[C@@H]3[C@@](O)(O4)[C@]4(O)O[C@]5(C(=O)O[C@@H]6[C@H](O)CO[C@@]65O)[C@]3(CC4=O)C(=O)O[C@H]1[C@@H]2OC(=O)c1cc(O)c(O)c(O)c1)c1cc(O)c(O)c(O)c1. The van der Waals surface area contributed by atoms with Gasteiger partial charge in [-0.3, -0.25) is 9.59 Å². The molecule has 32 nitrogen and oxygen atoms in total. The zero-order valence-corrected chi connectivity index (χ0v) is 38.9. The Balaban J connectivity index is 1.16. The molecule has 8 aliphatic rings. The van der Waals surface area contributed by atoms with Crippen LogP contribution < -0.4 is 4.74 Å². The van der Waals surface area contributed by atoms with Gasteiger partial charge >= 0.3 is 35.8 Å². The van der Waals surface area contributed by atoms with Gasteiger partial charge in [0.1, 0.15) is 24.2 Å². The van der Waals surface area contributed by atoms with Gasteiger partial charge in [0.15, 0.2) is 87.3 Å². The van der Waals surface area contributed by atoms with Gasteiger partial charge in [0, 0.05) is 12.0 Å². The minimum absolute atomic E-state index is 0.360. The van der Waals surface area contributed by atoms with Gasteiger partial charge in [0.25, 0.3) is 11.6 Å². The normalized spacial score (nSPS) is 33.6. The Morgan fingerprint density at radius 3 is 1.68 bits per heavy atom. The van der Waals surface area contributed by atoms with Crippen molar-refractivity contribution in [3.05, 3.63) is 70.3 Å². The molecule has 4 bridgehead atoms. The number of ketones is 1. The van der Waals surface area contributed by atoms with E-state index in [1.165, 1.54) is 0 Å². The van der Waals surface area contributed by atoms with Gasteiger partial charge < -0.3 is 124 Å². The largest absolute Gasteiger partial charge is 0.504 e. The first-order chi connectivity index (χ1) is 37.0. The number of rotatable bonds is 7. The highest BCUT2D eigenvalue weighted by Crippen LogP contribution is 2.75. The van der Waals surface area contributed by atoms with Crippen LogP contribution in [-0.2, 0) is 57.0 Å². The van der Waals surface area contributed by atoms with E-state index in [-0.39, 0.29) is 0 Å². The van der Waals surface area contributed by atoms with Gasteiger partial charge in [-0.15, -0.1) is 0 Å². The second kappa shape index (κ2) is 16.8. The smallest absolute Gasteiger partial charge is 0.346 e. The molecule has 6 fully saturated rings. The molecule has 0 unspecified atom stereocenters. The van der Waals surface area contributed by atoms with E-state index in [1.54, 1.807) is 0 Å². The number of phenols is 11. The summed E-state index contributed by atoms with van der Waals surface area (Å²) in [5.41, 5.74) is -12.4. The molecule has 32 heteroatoms. The number of phenolic OH excluding ortho intramolecular Hbond substituents is 11. The number of aromatic hydroxyl groups is 11. The molecule has 0 amide bonds. The monoisotopic (exact) mass is 1110 g/mol. The molecule has 4 aromatic carbocycles. The van der Waals surface area contributed by atoms with Crippen molar-refractivity contribution >= 4 is 41.6 Å². The summed E-state index contributed by atoms with van der Waals surface area (Å²) in [6, 6.07) is 3.49. The average molecular weight is 1110 g/mol. The second-order valence-electron chi connectivity index (χ2n) is 18.9. The fraction of sp³-hybridized carbons (Fsp3) is 0.340. The zero-order chi connectivity index (χ0) is 57.1. The Morgan fingerprint density at radius 2 is 1.13 bits per heavy atom. The Morgan fingerprint density at radius 1 is 0.608 bits per heavy atom. The van der Waals surface area contributed by atoms with Crippen molar-refractivity contribution in [3.8, 4) is 69.0 Å². The number of hydrogen-bond donors (Lipinski definition) is 15. The molecule has 15 N–H and O–H groups in total. The summed E-state index contributed by atoms with van der Waals surface area (Å²) in [7, 11) is 0. The lowest BCUT2D eigenvalue weighted by Crippen LogP contribution is -2.88. The topological polar surface area (TPSA) is 515 Å². The lowest BCUT2D eigenvalue weighted by molar-refractivity contribution is -0.459. The number of carbonyl (C=O) groups excluding carboxylic acids is 7. The lowest BCUT2D eigenvalue weighted by atomic mass is 9.47.